The Bertz CT molecular complexity index is 868. The third-order valence-corrected chi connectivity index (χ3v) is 12.8. The van der Waals surface area contributed by atoms with Crippen LogP contribution in [0.1, 0.15) is 83.5 Å². The van der Waals surface area contributed by atoms with Crippen LogP contribution in [-0.4, -0.2) is 84.4 Å². The van der Waals surface area contributed by atoms with Crippen molar-refractivity contribution in [1.82, 2.24) is 16.0 Å². The Balaban J connectivity index is 1.68. The summed E-state index contributed by atoms with van der Waals surface area (Å²) in [5.41, 5.74) is 8.27. The molecule has 2 aliphatic rings. The fourth-order valence-electron chi connectivity index (χ4n) is 4.48. The smallest absolute Gasteiger partial charge is 0.222 e. The third-order valence-electron chi connectivity index (χ3n) is 6.82. The number of Topliss-reactive ketones (excluding diaryl/α,β-unsaturated/α-hetero) is 1. The molecule has 3 atom stereocenters. The Morgan fingerprint density at radius 1 is 0.810 bits per heavy atom. The van der Waals surface area contributed by atoms with E-state index in [0.717, 1.165) is 43.8 Å². The highest BCUT2D eigenvalue weighted by atomic mass is 33.1. The normalized spacial score (nSPS) is 18.7. The molecule has 2 heterocycles. The second-order valence-electron chi connectivity index (χ2n) is 10.3. The van der Waals surface area contributed by atoms with Crippen LogP contribution in [-0.2, 0) is 23.9 Å². The maximum atomic E-state index is 13.0. The van der Waals surface area contributed by atoms with E-state index in [1.165, 1.54) is 24.3 Å². The average molecular weight is 663 g/mol. The Morgan fingerprint density at radius 3 is 2.07 bits per heavy atom. The van der Waals surface area contributed by atoms with Crippen LogP contribution in [0.3, 0.4) is 0 Å². The first-order chi connectivity index (χ1) is 20.5. The minimum atomic E-state index is -0.910. The number of carbonyl (C=O) groups excluding carboxylic acids is 4. The van der Waals surface area contributed by atoms with E-state index in [2.05, 4.69) is 26.0 Å². The van der Waals surface area contributed by atoms with Gasteiger partial charge in [-0.05, 0) is 50.5 Å². The Hall–Kier alpha value is -1.25. The largest absolute Gasteiger partial charge is 0.379 e. The molecule has 0 aromatic carbocycles. The monoisotopic (exact) mass is 662 g/mol. The van der Waals surface area contributed by atoms with E-state index in [4.69, 9.17) is 10.3 Å². The molecule has 2 aliphatic heterocycles. The molecule has 0 bridgehead atoms. The number of nitrogens with one attached hydrogen (secondary N) is 3. The lowest BCUT2D eigenvalue weighted by Crippen LogP contribution is -2.44. The highest BCUT2D eigenvalue weighted by Gasteiger charge is 2.24. The summed E-state index contributed by atoms with van der Waals surface area (Å²) in [6, 6.07) is -0.910. The number of ketones is 1. The molecule has 2 saturated heterocycles. The number of rotatable bonds is 24. The number of azide groups is 1. The summed E-state index contributed by atoms with van der Waals surface area (Å²) >= 11 is 0. The van der Waals surface area contributed by atoms with E-state index in [0.29, 0.717) is 31.1 Å². The molecule has 42 heavy (non-hydrogen) atoms. The minimum absolute atomic E-state index is 0.00336. The fourth-order valence-corrected chi connectivity index (χ4v) is 10.5. The predicted octanol–water partition coefficient (Wildman–Crippen LogP) is 5.20. The van der Waals surface area contributed by atoms with Crippen LogP contribution in [0, 0.1) is 0 Å². The molecule has 3 amide bonds. The first-order valence-corrected chi connectivity index (χ1v) is 19.7. The van der Waals surface area contributed by atoms with Crippen LogP contribution in [0.2, 0.25) is 0 Å². The number of hydrogen-bond donors (Lipinski definition) is 3. The molecule has 2 fully saturated rings. The van der Waals surface area contributed by atoms with Crippen molar-refractivity contribution in [2.45, 2.75) is 100 Å². The molecule has 3 N–H and O–H groups in total. The zero-order chi connectivity index (χ0) is 30.3. The lowest BCUT2D eigenvalue weighted by Gasteiger charge is -2.18. The molecular formula is C27H46N6O5S4. The Morgan fingerprint density at radius 2 is 1.45 bits per heavy atom. The van der Waals surface area contributed by atoms with Gasteiger partial charge in [0.2, 0.25) is 17.7 Å². The number of hydrogen-bond acceptors (Lipinski definition) is 10. The molecule has 0 radical (unpaired) electrons. The van der Waals surface area contributed by atoms with E-state index >= 15 is 0 Å². The number of ether oxygens (including phenoxy) is 1. The maximum Gasteiger partial charge on any atom is 0.222 e. The van der Waals surface area contributed by atoms with Crippen molar-refractivity contribution in [3.8, 4) is 0 Å². The van der Waals surface area contributed by atoms with Gasteiger partial charge in [0.1, 0.15) is 0 Å². The molecule has 0 spiro atoms. The molecule has 0 aliphatic carbocycles. The summed E-state index contributed by atoms with van der Waals surface area (Å²) in [6.07, 6.45) is 9.62. The fraction of sp³-hybridized carbons (Fsp3) is 0.852. The average Bonchev–Trinajstić information content (AvgIpc) is 3.70. The van der Waals surface area contributed by atoms with E-state index in [9.17, 15) is 19.2 Å². The summed E-state index contributed by atoms with van der Waals surface area (Å²) in [5.74, 6) is 1.61. The van der Waals surface area contributed by atoms with Gasteiger partial charge < -0.3 is 20.7 Å². The van der Waals surface area contributed by atoms with Gasteiger partial charge in [0.15, 0.2) is 5.78 Å². The van der Waals surface area contributed by atoms with Crippen LogP contribution < -0.4 is 16.0 Å². The molecule has 2 unspecified atom stereocenters. The molecule has 0 aromatic heterocycles. The van der Waals surface area contributed by atoms with Crippen LogP contribution in [0.5, 0.6) is 0 Å². The van der Waals surface area contributed by atoms with Crippen molar-refractivity contribution in [3.63, 3.8) is 0 Å². The summed E-state index contributed by atoms with van der Waals surface area (Å²) in [5, 5.41) is 13.1. The molecule has 0 saturated carbocycles. The number of amides is 3. The predicted molar refractivity (Wildman–Crippen MR) is 175 cm³/mol. The SMILES string of the molecule is [N-]=[N+]=NCCOCCNC(=O)C[C@H](NC(=O)CCCCC1CCSS1)C(=O)CCCNC(=O)CCCCC1CCSS1. The standard InChI is InChI=1S/C27H46N6O5S4/c28-33-31-15-17-38-16-14-30-27(37)20-23(32-26(36)10-4-2-7-22-12-19-40-42-22)24(34)8-5-13-29-25(35)9-3-1-6-21-11-18-39-41-21/h21-23H,1-20H2,(H,29,35)(H,30,37)(H,32,36)/t21?,22?,23-/m0/s1. The van der Waals surface area contributed by atoms with Gasteiger partial charge in [-0.2, -0.15) is 0 Å². The van der Waals surface area contributed by atoms with Crippen molar-refractivity contribution in [2.75, 3.05) is 44.4 Å². The summed E-state index contributed by atoms with van der Waals surface area (Å²) in [4.78, 5) is 52.9. The minimum Gasteiger partial charge on any atom is -0.379 e. The first kappa shape index (κ1) is 36.9. The summed E-state index contributed by atoms with van der Waals surface area (Å²) in [7, 11) is 7.72. The van der Waals surface area contributed by atoms with Gasteiger partial charge >= 0.3 is 0 Å². The topological polar surface area (TPSA) is 162 Å². The maximum absolute atomic E-state index is 13.0. The zero-order valence-corrected chi connectivity index (χ0v) is 27.7. The number of unbranched alkanes of at least 4 members (excludes halogenated alkanes) is 2. The van der Waals surface area contributed by atoms with Crippen LogP contribution in [0.25, 0.3) is 10.4 Å². The lowest BCUT2D eigenvalue weighted by atomic mass is 10.0. The van der Waals surface area contributed by atoms with Gasteiger partial charge in [-0.25, -0.2) is 0 Å². The highest BCUT2D eigenvalue weighted by Crippen LogP contribution is 2.40. The summed E-state index contributed by atoms with van der Waals surface area (Å²) < 4.78 is 5.28. The molecule has 0 aromatic rings. The van der Waals surface area contributed by atoms with Crippen molar-refractivity contribution < 1.29 is 23.9 Å². The first-order valence-electron chi connectivity index (χ1n) is 15.0. The van der Waals surface area contributed by atoms with Gasteiger partial charge in [0.05, 0.1) is 25.7 Å². The van der Waals surface area contributed by atoms with Crippen molar-refractivity contribution in [2.24, 2.45) is 5.11 Å². The van der Waals surface area contributed by atoms with E-state index < -0.39 is 6.04 Å². The quantitative estimate of drug-likeness (QED) is 0.0415. The zero-order valence-electron chi connectivity index (χ0n) is 24.4. The summed E-state index contributed by atoms with van der Waals surface area (Å²) in [6.45, 7) is 1.34. The van der Waals surface area contributed by atoms with Gasteiger partial charge in [-0.1, -0.05) is 61.1 Å². The van der Waals surface area contributed by atoms with Gasteiger partial charge in [-0.3, -0.25) is 19.2 Å². The second-order valence-corrected chi connectivity index (χ2v) is 15.9. The number of carbonyl (C=O) groups is 4. The van der Waals surface area contributed by atoms with E-state index in [1.54, 1.807) is 0 Å². The second kappa shape index (κ2) is 24.1. The van der Waals surface area contributed by atoms with Gasteiger partial charge in [0, 0.05) is 65.8 Å². The molecule has 238 valence electrons. The van der Waals surface area contributed by atoms with Gasteiger partial charge in [0.25, 0.3) is 0 Å². The highest BCUT2D eigenvalue weighted by molar-refractivity contribution is 8.77. The molecule has 15 heteroatoms. The third kappa shape index (κ3) is 18.4. The Labute approximate surface area is 265 Å². The van der Waals surface area contributed by atoms with Crippen LogP contribution in [0.15, 0.2) is 5.11 Å². The van der Waals surface area contributed by atoms with Crippen molar-refractivity contribution in [3.05, 3.63) is 10.4 Å². The van der Waals surface area contributed by atoms with Crippen LogP contribution in [0.4, 0.5) is 0 Å². The Kier molecular flexibility index (Phi) is 21.2. The molecule has 2 rings (SSSR count). The van der Waals surface area contributed by atoms with Gasteiger partial charge in [-0.15, -0.1) is 0 Å². The molecule has 11 nitrogen and oxygen atoms in total. The lowest BCUT2D eigenvalue weighted by molar-refractivity contribution is -0.130. The molecular weight excluding hydrogens is 617 g/mol. The van der Waals surface area contributed by atoms with E-state index in [1.807, 2.05) is 43.2 Å². The van der Waals surface area contributed by atoms with E-state index in [-0.39, 0.29) is 62.6 Å². The number of nitrogens with zero attached hydrogens (tertiary/aromatic N) is 3. The van der Waals surface area contributed by atoms with Crippen molar-refractivity contribution >= 4 is 66.7 Å². The van der Waals surface area contributed by atoms with Crippen molar-refractivity contribution in [1.29, 1.82) is 0 Å². The van der Waals surface area contributed by atoms with Crippen LogP contribution >= 0.6 is 43.2 Å².